The van der Waals surface area contributed by atoms with Gasteiger partial charge in [0, 0.05) is 12.6 Å². The topological polar surface area (TPSA) is 214 Å². The van der Waals surface area contributed by atoms with Crippen LogP contribution in [0.5, 0.6) is 0 Å². The third kappa shape index (κ3) is 6.49. The van der Waals surface area contributed by atoms with E-state index in [0.29, 0.717) is 5.69 Å². The molecule has 0 aliphatic carbocycles. The lowest BCUT2D eigenvalue weighted by Crippen LogP contribution is -2.58. The first kappa shape index (κ1) is 21.1. The van der Waals surface area contributed by atoms with E-state index < -0.39 is 54.3 Å². The van der Waals surface area contributed by atoms with Crippen LogP contribution in [-0.2, 0) is 25.6 Å². The highest BCUT2D eigenvalue weighted by molar-refractivity contribution is 5.93. The summed E-state index contributed by atoms with van der Waals surface area (Å²) in [7, 11) is 0. The summed E-state index contributed by atoms with van der Waals surface area (Å²) in [6, 6.07) is -4.11. The third-order valence-corrected chi connectivity index (χ3v) is 3.40. The van der Waals surface area contributed by atoms with Gasteiger partial charge in [-0.15, -0.1) is 0 Å². The van der Waals surface area contributed by atoms with Crippen LogP contribution < -0.4 is 22.1 Å². The minimum Gasteiger partial charge on any atom is -0.480 e. The molecule has 12 nitrogen and oxygen atoms in total. The standard InChI is InChI=1S/C14H22N6O6/c1-6(21)11(13(24)19-9(14(25)26)3-10(16)22)20-12(23)8(15)2-7-4-17-5-18-7/h4-6,8-9,11,21H,2-3,15H2,1H3,(H2,16,22)(H,17,18)(H,19,24)(H,20,23)(H,25,26)/t6-,8+,9+,11+/m1/s1. The number of nitrogens with two attached hydrogens (primary N) is 2. The van der Waals surface area contributed by atoms with Gasteiger partial charge in [0.25, 0.3) is 0 Å². The van der Waals surface area contributed by atoms with E-state index in [2.05, 4.69) is 15.3 Å². The molecule has 0 aliphatic heterocycles. The quantitative estimate of drug-likeness (QED) is 0.220. The minimum absolute atomic E-state index is 0.0862. The number of H-pyrrole nitrogens is 1. The van der Waals surface area contributed by atoms with E-state index in [1.165, 1.54) is 13.3 Å². The van der Waals surface area contributed by atoms with Crippen LogP contribution in [0.2, 0.25) is 0 Å². The minimum atomic E-state index is -1.59. The Morgan fingerprint density at radius 2 is 1.92 bits per heavy atom. The zero-order valence-electron chi connectivity index (χ0n) is 14.0. The number of amides is 3. The normalized spacial score (nSPS) is 15.3. The predicted octanol–water partition coefficient (Wildman–Crippen LogP) is -3.41. The van der Waals surface area contributed by atoms with Crippen molar-refractivity contribution in [3.63, 3.8) is 0 Å². The summed E-state index contributed by atoms with van der Waals surface area (Å²) in [5, 5.41) is 23.0. The Kier molecular flexibility index (Phi) is 7.68. The average Bonchev–Trinajstić information content (AvgIpc) is 3.03. The molecule has 0 fully saturated rings. The number of carboxylic acid groups (broad SMARTS) is 1. The summed E-state index contributed by atoms with van der Waals surface area (Å²) in [4.78, 5) is 52.9. The van der Waals surface area contributed by atoms with Crippen molar-refractivity contribution in [2.45, 2.75) is 44.0 Å². The maximum atomic E-state index is 12.2. The van der Waals surface area contributed by atoms with Gasteiger partial charge in [0.2, 0.25) is 17.7 Å². The number of carbonyl (C=O) groups excluding carboxylic acids is 3. The summed E-state index contributed by atoms with van der Waals surface area (Å²) in [5.41, 5.74) is 11.2. The highest BCUT2D eigenvalue weighted by Gasteiger charge is 2.31. The summed E-state index contributed by atoms with van der Waals surface area (Å²) >= 11 is 0. The van der Waals surface area contributed by atoms with E-state index in [1.807, 2.05) is 5.32 Å². The Morgan fingerprint density at radius 1 is 1.27 bits per heavy atom. The number of nitrogens with zero attached hydrogens (tertiary/aromatic N) is 1. The van der Waals surface area contributed by atoms with Crippen molar-refractivity contribution < 1.29 is 29.4 Å². The number of nitrogens with one attached hydrogen (secondary N) is 3. The number of rotatable bonds is 10. The second kappa shape index (κ2) is 9.48. The Hall–Kier alpha value is -2.99. The number of imidazole rings is 1. The number of aliphatic carboxylic acids is 1. The van der Waals surface area contributed by atoms with Crippen LogP contribution in [0.15, 0.2) is 12.5 Å². The molecule has 0 spiro atoms. The number of aromatic amines is 1. The summed E-state index contributed by atoms with van der Waals surface area (Å²) in [6.07, 6.45) is 1.06. The van der Waals surface area contributed by atoms with Crippen molar-refractivity contribution in [2.24, 2.45) is 11.5 Å². The number of primary amides is 1. The molecule has 26 heavy (non-hydrogen) atoms. The highest BCUT2D eigenvalue weighted by atomic mass is 16.4. The molecule has 1 rings (SSSR count). The van der Waals surface area contributed by atoms with Gasteiger partial charge in [0.15, 0.2) is 0 Å². The predicted molar refractivity (Wildman–Crippen MR) is 87.3 cm³/mol. The fraction of sp³-hybridized carbons (Fsp3) is 0.500. The largest absolute Gasteiger partial charge is 0.480 e. The van der Waals surface area contributed by atoms with Crippen LogP contribution in [0.4, 0.5) is 0 Å². The lowest BCUT2D eigenvalue weighted by atomic mass is 10.1. The molecule has 1 heterocycles. The van der Waals surface area contributed by atoms with Gasteiger partial charge >= 0.3 is 5.97 Å². The number of aliphatic hydroxyl groups excluding tert-OH is 1. The summed E-state index contributed by atoms with van der Waals surface area (Å²) < 4.78 is 0. The van der Waals surface area contributed by atoms with Crippen LogP contribution in [0.3, 0.4) is 0 Å². The van der Waals surface area contributed by atoms with Crippen molar-refractivity contribution in [2.75, 3.05) is 0 Å². The molecule has 3 amide bonds. The molecule has 0 unspecified atom stereocenters. The van der Waals surface area contributed by atoms with E-state index in [9.17, 15) is 24.3 Å². The van der Waals surface area contributed by atoms with Gasteiger partial charge in [-0.3, -0.25) is 14.4 Å². The molecule has 4 atom stereocenters. The van der Waals surface area contributed by atoms with Crippen molar-refractivity contribution in [1.29, 1.82) is 0 Å². The van der Waals surface area contributed by atoms with Gasteiger partial charge in [-0.2, -0.15) is 0 Å². The monoisotopic (exact) mass is 370 g/mol. The zero-order chi connectivity index (χ0) is 19.9. The first-order valence-corrected chi connectivity index (χ1v) is 7.65. The van der Waals surface area contributed by atoms with Gasteiger partial charge in [-0.05, 0) is 6.92 Å². The second-order valence-electron chi connectivity index (χ2n) is 5.67. The maximum absolute atomic E-state index is 12.2. The average molecular weight is 370 g/mol. The molecule has 0 radical (unpaired) electrons. The molecular formula is C14H22N6O6. The number of hydrogen-bond acceptors (Lipinski definition) is 7. The number of aliphatic hydroxyl groups is 1. The molecule has 0 saturated heterocycles. The van der Waals surface area contributed by atoms with Crippen LogP contribution >= 0.6 is 0 Å². The number of hydrogen-bond donors (Lipinski definition) is 7. The number of carboxylic acids is 1. The fourth-order valence-corrected chi connectivity index (χ4v) is 2.05. The zero-order valence-corrected chi connectivity index (χ0v) is 14.0. The highest BCUT2D eigenvalue weighted by Crippen LogP contribution is 2.01. The molecule has 0 saturated carbocycles. The van der Waals surface area contributed by atoms with Crippen LogP contribution in [0.25, 0.3) is 0 Å². The smallest absolute Gasteiger partial charge is 0.326 e. The maximum Gasteiger partial charge on any atom is 0.326 e. The van der Waals surface area contributed by atoms with Crippen molar-refractivity contribution in [3.8, 4) is 0 Å². The lowest BCUT2D eigenvalue weighted by molar-refractivity contribution is -0.144. The molecule has 1 aromatic heterocycles. The summed E-state index contributed by atoms with van der Waals surface area (Å²) in [5.74, 6) is -4.15. The van der Waals surface area contributed by atoms with Gasteiger partial charge in [-0.1, -0.05) is 0 Å². The van der Waals surface area contributed by atoms with Gasteiger partial charge in [0.05, 0.1) is 30.6 Å². The van der Waals surface area contributed by atoms with E-state index in [-0.39, 0.29) is 6.42 Å². The van der Waals surface area contributed by atoms with E-state index >= 15 is 0 Å². The van der Waals surface area contributed by atoms with E-state index in [1.54, 1.807) is 6.20 Å². The van der Waals surface area contributed by atoms with E-state index in [0.717, 1.165) is 0 Å². The van der Waals surface area contributed by atoms with E-state index in [4.69, 9.17) is 16.6 Å². The van der Waals surface area contributed by atoms with Crippen LogP contribution in [0.1, 0.15) is 19.0 Å². The second-order valence-corrected chi connectivity index (χ2v) is 5.67. The SMILES string of the molecule is C[C@@H](O)[C@H](NC(=O)[C@@H](N)Cc1c[nH]cn1)C(=O)N[C@@H](CC(N)=O)C(=O)O. The number of aromatic nitrogens is 2. The van der Waals surface area contributed by atoms with Crippen molar-refractivity contribution in [1.82, 2.24) is 20.6 Å². The Morgan fingerprint density at radius 3 is 2.38 bits per heavy atom. The number of carbonyl (C=O) groups is 4. The molecule has 0 aromatic carbocycles. The molecule has 144 valence electrons. The van der Waals surface area contributed by atoms with Crippen molar-refractivity contribution >= 4 is 23.7 Å². The Labute approximate surface area is 148 Å². The molecule has 0 aliphatic rings. The Balaban J connectivity index is 2.74. The van der Waals surface area contributed by atoms with Gasteiger partial charge in [-0.25, -0.2) is 9.78 Å². The third-order valence-electron chi connectivity index (χ3n) is 3.40. The lowest BCUT2D eigenvalue weighted by Gasteiger charge is -2.24. The molecule has 1 aromatic rings. The fourth-order valence-electron chi connectivity index (χ4n) is 2.05. The van der Waals surface area contributed by atoms with Crippen LogP contribution in [0, 0.1) is 0 Å². The Bertz CT molecular complexity index is 646. The van der Waals surface area contributed by atoms with Crippen LogP contribution in [-0.4, -0.2) is 68.1 Å². The van der Waals surface area contributed by atoms with Gasteiger partial charge < -0.3 is 37.3 Å². The molecule has 12 heteroatoms. The summed E-state index contributed by atoms with van der Waals surface area (Å²) in [6.45, 7) is 1.23. The first-order valence-electron chi connectivity index (χ1n) is 7.65. The molecular weight excluding hydrogens is 348 g/mol. The molecule has 9 N–H and O–H groups in total. The van der Waals surface area contributed by atoms with Gasteiger partial charge in [0.1, 0.15) is 12.1 Å². The van der Waals surface area contributed by atoms with Crippen molar-refractivity contribution in [3.05, 3.63) is 18.2 Å². The molecule has 0 bridgehead atoms. The first-order chi connectivity index (χ1) is 12.1.